The van der Waals surface area contributed by atoms with Crippen LogP contribution in [0.3, 0.4) is 0 Å². The largest absolute Gasteiger partial charge is 0.451 e. The van der Waals surface area contributed by atoms with Crippen LogP contribution in [0, 0.1) is 5.92 Å². The summed E-state index contributed by atoms with van der Waals surface area (Å²) < 4.78 is 5.66. The van der Waals surface area contributed by atoms with Crippen molar-refractivity contribution in [3.05, 3.63) is 69.6 Å². The zero-order valence-electron chi connectivity index (χ0n) is 14.7. The second-order valence-electron chi connectivity index (χ2n) is 6.99. The first-order chi connectivity index (χ1) is 12.5. The highest BCUT2D eigenvalue weighted by Gasteiger charge is 2.28. The third-order valence-electron chi connectivity index (χ3n) is 4.43. The Balaban J connectivity index is 1.61. The third-order valence-corrected chi connectivity index (χ3v) is 4.43. The van der Waals surface area contributed by atoms with Gasteiger partial charge in [0.1, 0.15) is 11.4 Å². The molecular weight excluding hydrogens is 330 g/mol. The summed E-state index contributed by atoms with van der Waals surface area (Å²) in [6.07, 6.45) is 2.60. The molecule has 0 saturated carbocycles. The van der Waals surface area contributed by atoms with E-state index >= 15 is 0 Å². The molecule has 1 aliphatic rings. The van der Waals surface area contributed by atoms with E-state index in [0.29, 0.717) is 30.0 Å². The van der Waals surface area contributed by atoms with Crippen molar-refractivity contribution in [3.8, 4) is 0 Å². The van der Waals surface area contributed by atoms with Gasteiger partial charge < -0.3 is 9.32 Å². The van der Waals surface area contributed by atoms with Gasteiger partial charge in [0.05, 0.1) is 17.6 Å². The number of nitrogens with zero attached hydrogens (tertiary/aromatic N) is 3. The Labute approximate surface area is 150 Å². The molecule has 3 aromatic rings. The second kappa shape index (κ2) is 6.37. The molecule has 0 fully saturated rings. The van der Waals surface area contributed by atoms with Crippen molar-refractivity contribution in [2.75, 3.05) is 0 Å². The third kappa shape index (κ3) is 2.98. The summed E-state index contributed by atoms with van der Waals surface area (Å²) in [7, 11) is 0. The van der Waals surface area contributed by atoms with Gasteiger partial charge in [0, 0.05) is 30.8 Å². The highest BCUT2D eigenvalue weighted by Crippen LogP contribution is 2.23. The van der Waals surface area contributed by atoms with Gasteiger partial charge in [-0.15, -0.1) is 0 Å². The second-order valence-corrected chi connectivity index (χ2v) is 6.99. The first kappa shape index (κ1) is 16.4. The standard InChI is InChI=1S/C20H19N3O3/c1-12(2)7-19-21-9-13-10-23(11-15(13)22-19)20(25)18-8-16(24)14-5-3-4-6-17(14)26-18/h3-6,8-9,12H,7,10-11H2,1-2H3. The lowest BCUT2D eigenvalue weighted by Crippen LogP contribution is -2.26. The molecule has 0 atom stereocenters. The van der Waals surface area contributed by atoms with Crippen LogP contribution in [0.25, 0.3) is 11.0 Å². The molecule has 1 aliphatic heterocycles. The molecule has 0 radical (unpaired) electrons. The molecule has 26 heavy (non-hydrogen) atoms. The molecule has 1 amide bonds. The van der Waals surface area contributed by atoms with Crippen molar-refractivity contribution in [1.82, 2.24) is 14.9 Å². The van der Waals surface area contributed by atoms with Crippen molar-refractivity contribution < 1.29 is 9.21 Å². The lowest BCUT2D eigenvalue weighted by atomic mass is 10.1. The molecule has 132 valence electrons. The minimum Gasteiger partial charge on any atom is -0.451 e. The lowest BCUT2D eigenvalue weighted by molar-refractivity contribution is 0.0718. The highest BCUT2D eigenvalue weighted by atomic mass is 16.3. The van der Waals surface area contributed by atoms with Gasteiger partial charge in [-0.1, -0.05) is 26.0 Å². The topological polar surface area (TPSA) is 76.3 Å². The fourth-order valence-corrected chi connectivity index (χ4v) is 3.17. The van der Waals surface area contributed by atoms with E-state index in [-0.39, 0.29) is 17.1 Å². The summed E-state index contributed by atoms with van der Waals surface area (Å²) in [6, 6.07) is 8.19. The SMILES string of the molecule is CC(C)Cc1ncc2c(n1)CN(C(=O)c1cc(=O)c3ccccc3o1)C2. The van der Waals surface area contributed by atoms with Crippen molar-refractivity contribution in [2.24, 2.45) is 5.92 Å². The minimum absolute atomic E-state index is 0.0527. The Morgan fingerprint density at radius 2 is 2.08 bits per heavy atom. The number of carbonyl (C=O) groups is 1. The average Bonchev–Trinajstić information content (AvgIpc) is 3.04. The predicted octanol–water partition coefficient (Wildman–Crippen LogP) is 2.94. The van der Waals surface area contributed by atoms with Crippen LogP contribution < -0.4 is 5.43 Å². The molecule has 0 spiro atoms. The van der Waals surface area contributed by atoms with Crippen LogP contribution >= 0.6 is 0 Å². The van der Waals surface area contributed by atoms with E-state index in [9.17, 15) is 9.59 Å². The molecular formula is C20H19N3O3. The van der Waals surface area contributed by atoms with Gasteiger partial charge in [0.15, 0.2) is 11.2 Å². The molecule has 4 rings (SSSR count). The Hall–Kier alpha value is -3.02. The lowest BCUT2D eigenvalue weighted by Gasteiger charge is -2.14. The Morgan fingerprint density at radius 3 is 2.88 bits per heavy atom. The van der Waals surface area contributed by atoms with Crippen molar-refractivity contribution >= 4 is 16.9 Å². The minimum atomic E-state index is -0.309. The quantitative estimate of drug-likeness (QED) is 0.727. The molecule has 1 aromatic carbocycles. The van der Waals surface area contributed by atoms with Crippen LogP contribution in [-0.2, 0) is 19.5 Å². The van der Waals surface area contributed by atoms with E-state index in [1.165, 1.54) is 6.07 Å². The van der Waals surface area contributed by atoms with Gasteiger partial charge in [-0.2, -0.15) is 0 Å². The molecule has 6 heteroatoms. The zero-order chi connectivity index (χ0) is 18.3. The number of amides is 1. The van der Waals surface area contributed by atoms with E-state index in [0.717, 1.165) is 23.5 Å². The van der Waals surface area contributed by atoms with Crippen molar-refractivity contribution in [1.29, 1.82) is 0 Å². The summed E-state index contributed by atoms with van der Waals surface area (Å²) in [5.74, 6) is 1.01. The van der Waals surface area contributed by atoms with Crippen LogP contribution in [0.4, 0.5) is 0 Å². The monoisotopic (exact) mass is 349 g/mol. The number of fused-ring (bicyclic) bond motifs is 2. The Kier molecular flexibility index (Phi) is 4.03. The summed E-state index contributed by atoms with van der Waals surface area (Å²) in [6.45, 7) is 5.06. The van der Waals surface area contributed by atoms with Crippen LogP contribution in [-0.4, -0.2) is 20.8 Å². The normalized spacial score (nSPS) is 13.4. The first-order valence-corrected chi connectivity index (χ1v) is 8.67. The van der Waals surface area contributed by atoms with Crippen LogP contribution in [0.5, 0.6) is 0 Å². The maximum absolute atomic E-state index is 12.8. The van der Waals surface area contributed by atoms with Gasteiger partial charge in [0.2, 0.25) is 0 Å². The van der Waals surface area contributed by atoms with Gasteiger partial charge in [-0.3, -0.25) is 9.59 Å². The maximum Gasteiger partial charge on any atom is 0.290 e. The van der Waals surface area contributed by atoms with Gasteiger partial charge in [-0.05, 0) is 18.1 Å². The fraction of sp³-hybridized carbons (Fsp3) is 0.300. The summed E-state index contributed by atoms with van der Waals surface area (Å²) in [5, 5.41) is 0.470. The number of rotatable bonds is 3. The molecule has 3 heterocycles. The van der Waals surface area contributed by atoms with Crippen LogP contribution in [0.1, 0.15) is 41.5 Å². The first-order valence-electron chi connectivity index (χ1n) is 8.67. The van der Waals surface area contributed by atoms with Crippen molar-refractivity contribution in [2.45, 2.75) is 33.4 Å². The highest BCUT2D eigenvalue weighted by molar-refractivity contribution is 5.93. The van der Waals surface area contributed by atoms with Gasteiger partial charge in [0.25, 0.3) is 5.91 Å². The van der Waals surface area contributed by atoms with E-state index in [4.69, 9.17) is 4.42 Å². The number of para-hydroxylation sites is 1. The molecule has 0 aliphatic carbocycles. The molecule has 0 N–H and O–H groups in total. The van der Waals surface area contributed by atoms with E-state index < -0.39 is 0 Å². The smallest absolute Gasteiger partial charge is 0.290 e. The summed E-state index contributed by atoms with van der Waals surface area (Å²) in [4.78, 5) is 35.7. The number of benzene rings is 1. The maximum atomic E-state index is 12.8. The number of aromatic nitrogens is 2. The fourth-order valence-electron chi connectivity index (χ4n) is 3.17. The average molecular weight is 349 g/mol. The predicted molar refractivity (Wildman–Crippen MR) is 96.6 cm³/mol. The number of carbonyl (C=O) groups excluding carboxylic acids is 1. The van der Waals surface area contributed by atoms with Gasteiger partial charge >= 0.3 is 0 Å². The molecule has 6 nitrogen and oxygen atoms in total. The zero-order valence-corrected chi connectivity index (χ0v) is 14.7. The molecule has 0 bridgehead atoms. The van der Waals surface area contributed by atoms with E-state index in [1.807, 2.05) is 0 Å². The van der Waals surface area contributed by atoms with Gasteiger partial charge in [-0.25, -0.2) is 9.97 Å². The molecule has 0 saturated heterocycles. The molecule has 0 unspecified atom stereocenters. The Bertz CT molecular complexity index is 1060. The molecule has 2 aromatic heterocycles. The summed E-state index contributed by atoms with van der Waals surface area (Å²) in [5.41, 5.74) is 2.01. The van der Waals surface area contributed by atoms with Crippen LogP contribution in [0.15, 0.2) is 45.7 Å². The summed E-state index contributed by atoms with van der Waals surface area (Å²) >= 11 is 0. The van der Waals surface area contributed by atoms with E-state index in [2.05, 4.69) is 23.8 Å². The van der Waals surface area contributed by atoms with Crippen LogP contribution in [0.2, 0.25) is 0 Å². The Morgan fingerprint density at radius 1 is 1.27 bits per heavy atom. The van der Waals surface area contributed by atoms with Crippen molar-refractivity contribution in [3.63, 3.8) is 0 Å². The number of hydrogen-bond donors (Lipinski definition) is 0. The van der Waals surface area contributed by atoms with E-state index in [1.54, 1.807) is 35.4 Å². The number of hydrogen-bond acceptors (Lipinski definition) is 5.